The molecule has 2 aromatic rings. The number of rotatable bonds is 4. The molecular weight excluding hydrogens is 332 g/mol. The van der Waals surface area contributed by atoms with Crippen molar-refractivity contribution < 1.29 is 9.53 Å². The fourth-order valence-corrected chi connectivity index (χ4v) is 3.67. The highest BCUT2D eigenvalue weighted by molar-refractivity contribution is 5.89. The van der Waals surface area contributed by atoms with Crippen molar-refractivity contribution in [1.82, 2.24) is 25.0 Å². The topological polar surface area (TPSA) is 84.3 Å². The zero-order valence-electron chi connectivity index (χ0n) is 14.9. The van der Waals surface area contributed by atoms with Crippen LogP contribution in [0.2, 0.25) is 0 Å². The highest BCUT2D eigenvalue weighted by Crippen LogP contribution is 2.21. The Kier molecular flexibility index (Phi) is 4.85. The Labute approximate surface area is 152 Å². The predicted molar refractivity (Wildman–Crippen MR) is 97.8 cm³/mol. The number of anilines is 1. The number of nitrogens with zero attached hydrogens (tertiary/aromatic N) is 4. The number of hydrogen-bond acceptors (Lipinski definition) is 5. The minimum Gasteiger partial charge on any atom is -0.378 e. The summed E-state index contributed by atoms with van der Waals surface area (Å²) in [6.45, 7) is 3.41. The first-order valence-corrected chi connectivity index (χ1v) is 9.04. The van der Waals surface area contributed by atoms with E-state index in [2.05, 4.69) is 25.6 Å². The van der Waals surface area contributed by atoms with E-state index in [1.165, 1.54) is 12.8 Å². The van der Waals surface area contributed by atoms with E-state index < -0.39 is 0 Å². The number of carbonyl (C=O) groups is 1. The zero-order chi connectivity index (χ0) is 17.9. The van der Waals surface area contributed by atoms with Gasteiger partial charge >= 0.3 is 6.03 Å². The van der Waals surface area contributed by atoms with E-state index in [-0.39, 0.29) is 18.1 Å². The maximum absolute atomic E-state index is 12.5. The molecule has 4 rings (SSSR count). The lowest BCUT2D eigenvalue weighted by molar-refractivity contribution is 0.159. The lowest BCUT2D eigenvalue weighted by atomic mass is 10.1. The SMILES string of the molecule is Cn1nc(-c2cccnc2)cc1NC(=O)N[C@H]1COC[C@@H]1N1CCCC1. The summed E-state index contributed by atoms with van der Waals surface area (Å²) in [5.41, 5.74) is 1.69. The highest BCUT2D eigenvalue weighted by Gasteiger charge is 2.35. The van der Waals surface area contributed by atoms with Crippen molar-refractivity contribution in [3.8, 4) is 11.3 Å². The fraction of sp³-hybridized carbons (Fsp3) is 0.500. The number of aromatic nitrogens is 3. The Morgan fingerprint density at radius 2 is 2.15 bits per heavy atom. The van der Waals surface area contributed by atoms with Crippen molar-refractivity contribution in [2.75, 3.05) is 31.6 Å². The van der Waals surface area contributed by atoms with Gasteiger partial charge in [0.15, 0.2) is 0 Å². The normalized spacial score (nSPS) is 23.3. The van der Waals surface area contributed by atoms with Gasteiger partial charge in [-0.15, -0.1) is 0 Å². The molecular formula is C18H24N6O2. The summed E-state index contributed by atoms with van der Waals surface area (Å²) in [4.78, 5) is 19.0. The van der Waals surface area contributed by atoms with Gasteiger partial charge in [-0.3, -0.25) is 19.9 Å². The number of carbonyl (C=O) groups excluding carboxylic acids is 1. The van der Waals surface area contributed by atoms with Crippen LogP contribution >= 0.6 is 0 Å². The lowest BCUT2D eigenvalue weighted by Crippen LogP contribution is -2.51. The van der Waals surface area contributed by atoms with E-state index in [4.69, 9.17) is 4.74 Å². The number of hydrogen-bond donors (Lipinski definition) is 2. The molecule has 4 heterocycles. The minimum absolute atomic E-state index is 0.0131. The van der Waals surface area contributed by atoms with E-state index in [1.807, 2.05) is 18.2 Å². The zero-order valence-corrected chi connectivity index (χ0v) is 14.9. The average molecular weight is 356 g/mol. The number of likely N-dealkylation sites (tertiary alicyclic amines) is 1. The van der Waals surface area contributed by atoms with E-state index in [0.29, 0.717) is 19.0 Å². The first-order valence-electron chi connectivity index (χ1n) is 9.04. The largest absolute Gasteiger partial charge is 0.378 e. The molecule has 2 aliphatic heterocycles. The molecule has 0 radical (unpaired) electrons. The second-order valence-electron chi connectivity index (χ2n) is 6.83. The predicted octanol–water partition coefficient (Wildman–Crippen LogP) is 1.47. The lowest BCUT2D eigenvalue weighted by Gasteiger charge is -2.27. The van der Waals surface area contributed by atoms with Crippen LogP contribution in [0.15, 0.2) is 30.6 Å². The molecule has 0 bridgehead atoms. The van der Waals surface area contributed by atoms with Gasteiger partial charge in [0.2, 0.25) is 0 Å². The molecule has 2 fully saturated rings. The smallest absolute Gasteiger partial charge is 0.320 e. The molecule has 2 saturated heterocycles. The van der Waals surface area contributed by atoms with Gasteiger partial charge in [-0.05, 0) is 38.1 Å². The number of nitrogens with one attached hydrogen (secondary N) is 2. The van der Waals surface area contributed by atoms with Crippen LogP contribution in [0.25, 0.3) is 11.3 Å². The molecule has 8 nitrogen and oxygen atoms in total. The molecule has 138 valence electrons. The number of ether oxygens (including phenoxy) is 1. The van der Waals surface area contributed by atoms with E-state index >= 15 is 0 Å². The first-order chi connectivity index (χ1) is 12.7. The van der Waals surface area contributed by atoms with Crippen LogP contribution in [0.4, 0.5) is 10.6 Å². The molecule has 0 spiro atoms. The number of urea groups is 1. The Hall–Kier alpha value is -2.45. The van der Waals surface area contributed by atoms with Gasteiger partial charge in [-0.25, -0.2) is 4.79 Å². The van der Waals surface area contributed by atoms with Crippen LogP contribution in [-0.2, 0) is 11.8 Å². The molecule has 2 aromatic heterocycles. The van der Waals surface area contributed by atoms with Crippen LogP contribution in [0.1, 0.15) is 12.8 Å². The van der Waals surface area contributed by atoms with Gasteiger partial charge in [0.05, 0.1) is 31.0 Å². The first kappa shape index (κ1) is 17.0. The standard InChI is InChI=1S/C18H24N6O2/c1-23-17(9-14(22-23)13-5-4-6-19-10-13)21-18(25)20-15-11-26-12-16(15)24-7-2-3-8-24/h4-6,9-10,15-16H,2-3,7-8,11-12H2,1H3,(H2,20,21,25)/t15-,16-/m0/s1. The third kappa shape index (κ3) is 3.56. The van der Waals surface area contributed by atoms with E-state index in [9.17, 15) is 4.79 Å². The summed E-state index contributed by atoms with van der Waals surface area (Å²) in [5, 5.41) is 10.4. The number of pyridine rings is 1. The van der Waals surface area contributed by atoms with Crippen molar-refractivity contribution in [2.24, 2.45) is 7.05 Å². The minimum atomic E-state index is -0.231. The highest BCUT2D eigenvalue weighted by atomic mass is 16.5. The Morgan fingerprint density at radius 1 is 1.31 bits per heavy atom. The maximum atomic E-state index is 12.5. The van der Waals surface area contributed by atoms with Crippen molar-refractivity contribution in [2.45, 2.75) is 24.9 Å². The Bertz CT molecular complexity index is 756. The van der Waals surface area contributed by atoms with Gasteiger partial charge in [-0.1, -0.05) is 0 Å². The molecule has 8 heteroatoms. The van der Waals surface area contributed by atoms with Crippen molar-refractivity contribution >= 4 is 11.8 Å². The summed E-state index contributed by atoms with van der Waals surface area (Å²) in [6.07, 6.45) is 5.92. The number of aryl methyl sites for hydroxylation is 1. The summed E-state index contributed by atoms with van der Waals surface area (Å²) in [6, 6.07) is 5.70. The van der Waals surface area contributed by atoms with Crippen LogP contribution < -0.4 is 10.6 Å². The monoisotopic (exact) mass is 356 g/mol. The van der Waals surface area contributed by atoms with Crippen LogP contribution in [0.3, 0.4) is 0 Å². The Morgan fingerprint density at radius 3 is 2.92 bits per heavy atom. The molecule has 0 aliphatic carbocycles. The van der Waals surface area contributed by atoms with E-state index in [0.717, 1.165) is 24.3 Å². The van der Waals surface area contributed by atoms with Crippen molar-refractivity contribution in [3.63, 3.8) is 0 Å². The van der Waals surface area contributed by atoms with Crippen molar-refractivity contribution in [1.29, 1.82) is 0 Å². The second-order valence-corrected chi connectivity index (χ2v) is 6.83. The second kappa shape index (κ2) is 7.43. The number of amides is 2. The quantitative estimate of drug-likeness (QED) is 0.867. The van der Waals surface area contributed by atoms with Gasteiger partial charge in [0.25, 0.3) is 0 Å². The Balaban J connectivity index is 1.39. The molecule has 2 atom stereocenters. The third-order valence-electron chi connectivity index (χ3n) is 5.06. The molecule has 0 aromatic carbocycles. The van der Waals surface area contributed by atoms with Crippen molar-refractivity contribution in [3.05, 3.63) is 30.6 Å². The molecule has 26 heavy (non-hydrogen) atoms. The molecule has 2 aliphatic rings. The van der Waals surface area contributed by atoms with Crippen LogP contribution in [0, 0.1) is 0 Å². The van der Waals surface area contributed by atoms with Gasteiger partial charge in [0, 0.05) is 31.1 Å². The summed E-state index contributed by atoms with van der Waals surface area (Å²) < 4.78 is 7.27. The molecule has 0 saturated carbocycles. The van der Waals surface area contributed by atoms with Gasteiger partial charge < -0.3 is 10.1 Å². The summed E-state index contributed by atoms with van der Waals surface area (Å²) in [5.74, 6) is 0.637. The maximum Gasteiger partial charge on any atom is 0.320 e. The summed E-state index contributed by atoms with van der Waals surface area (Å²) in [7, 11) is 1.81. The average Bonchev–Trinajstić information content (AvgIpc) is 3.37. The van der Waals surface area contributed by atoms with Crippen LogP contribution in [0.5, 0.6) is 0 Å². The summed E-state index contributed by atoms with van der Waals surface area (Å²) >= 11 is 0. The third-order valence-corrected chi connectivity index (χ3v) is 5.06. The fourth-order valence-electron chi connectivity index (χ4n) is 3.67. The van der Waals surface area contributed by atoms with Crippen LogP contribution in [-0.4, -0.2) is 64.1 Å². The molecule has 2 N–H and O–H groups in total. The molecule has 2 amide bonds. The molecule has 0 unspecified atom stereocenters. The van der Waals surface area contributed by atoms with E-state index in [1.54, 1.807) is 24.1 Å². The van der Waals surface area contributed by atoms with Gasteiger partial charge in [-0.2, -0.15) is 5.10 Å². The van der Waals surface area contributed by atoms with Gasteiger partial charge in [0.1, 0.15) is 5.82 Å².